The molecular formula is C18H27FN2. The highest BCUT2D eigenvalue weighted by molar-refractivity contribution is 5.25. The zero-order chi connectivity index (χ0) is 15.9. The number of benzene rings is 1. The number of hydrogen-bond acceptors (Lipinski definition) is 2. The Labute approximate surface area is 128 Å². The Morgan fingerprint density at radius 2 is 2.05 bits per heavy atom. The van der Waals surface area contributed by atoms with E-state index in [4.69, 9.17) is 6.42 Å². The lowest BCUT2D eigenvalue weighted by atomic mass is 10.1. The smallest absolute Gasteiger partial charge is 0.127 e. The SMILES string of the molecule is C#CCN(CCC)Cc1cc(CNC(C)(C)C)ccc1F. The maximum absolute atomic E-state index is 14.0. The van der Waals surface area contributed by atoms with Gasteiger partial charge < -0.3 is 5.32 Å². The lowest BCUT2D eigenvalue weighted by molar-refractivity contribution is 0.295. The molecule has 116 valence electrons. The Kier molecular flexibility index (Phi) is 6.87. The van der Waals surface area contributed by atoms with E-state index in [0.29, 0.717) is 18.7 Å². The molecule has 0 aromatic heterocycles. The summed E-state index contributed by atoms with van der Waals surface area (Å²) >= 11 is 0. The minimum Gasteiger partial charge on any atom is -0.308 e. The topological polar surface area (TPSA) is 15.3 Å². The molecule has 0 heterocycles. The van der Waals surface area contributed by atoms with E-state index in [-0.39, 0.29) is 11.4 Å². The van der Waals surface area contributed by atoms with Crippen molar-refractivity contribution in [3.63, 3.8) is 0 Å². The Morgan fingerprint density at radius 3 is 2.62 bits per heavy atom. The number of terminal acetylenes is 1. The van der Waals surface area contributed by atoms with E-state index >= 15 is 0 Å². The monoisotopic (exact) mass is 290 g/mol. The van der Waals surface area contributed by atoms with Gasteiger partial charge in [-0.25, -0.2) is 4.39 Å². The molecule has 0 saturated heterocycles. The number of hydrogen-bond donors (Lipinski definition) is 1. The van der Waals surface area contributed by atoms with Gasteiger partial charge in [0.05, 0.1) is 6.54 Å². The van der Waals surface area contributed by atoms with Crippen molar-refractivity contribution in [3.8, 4) is 12.3 Å². The van der Waals surface area contributed by atoms with Crippen molar-refractivity contribution >= 4 is 0 Å². The number of rotatable bonds is 7. The van der Waals surface area contributed by atoms with Gasteiger partial charge in [0.2, 0.25) is 0 Å². The van der Waals surface area contributed by atoms with Gasteiger partial charge in [-0.1, -0.05) is 25.0 Å². The van der Waals surface area contributed by atoms with Gasteiger partial charge in [-0.2, -0.15) is 0 Å². The molecule has 0 radical (unpaired) electrons. The quantitative estimate of drug-likeness (QED) is 0.772. The molecule has 0 saturated carbocycles. The zero-order valence-corrected chi connectivity index (χ0v) is 13.7. The highest BCUT2D eigenvalue weighted by Gasteiger charge is 2.11. The predicted molar refractivity (Wildman–Crippen MR) is 87.4 cm³/mol. The lowest BCUT2D eigenvalue weighted by Gasteiger charge is -2.22. The average Bonchev–Trinajstić information content (AvgIpc) is 2.39. The fourth-order valence-corrected chi connectivity index (χ4v) is 2.13. The van der Waals surface area contributed by atoms with Gasteiger partial charge in [0, 0.05) is 24.2 Å². The minimum atomic E-state index is -0.160. The molecule has 1 aromatic rings. The molecule has 3 heteroatoms. The maximum atomic E-state index is 14.0. The van der Waals surface area contributed by atoms with Crippen LogP contribution in [-0.4, -0.2) is 23.5 Å². The van der Waals surface area contributed by atoms with Crippen molar-refractivity contribution < 1.29 is 4.39 Å². The molecule has 0 atom stereocenters. The van der Waals surface area contributed by atoms with Crippen LogP contribution in [0.3, 0.4) is 0 Å². The molecule has 1 aromatic carbocycles. The van der Waals surface area contributed by atoms with Gasteiger partial charge in [0.25, 0.3) is 0 Å². The van der Waals surface area contributed by atoms with Crippen molar-refractivity contribution in [1.29, 1.82) is 0 Å². The number of nitrogens with one attached hydrogen (secondary N) is 1. The van der Waals surface area contributed by atoms with E-state index in [1.807, 2.05) is 12.1 Å². The molecule has 0 aliphatic rings. The molecule has 1 N–H and O–H groups in total. The summed E-state index contributed by atoms with van der Waals surface area (Å²) in [5.74, 6) is 2.48. The van der Waals surface area contributed by atoms with Crippen LogP contribution in [0.4, 0.5) is 4.39 Å². The first-order valence-corrected chi connectivity index (χ1v) is 7.54. The summed E-state index contributed by atoms with van der Waals surface area (Å²) in [6, 6.07) is 5.32. The van der Waals surface area contributed by atoms with E-state index < -0.39 is 0 Å². The summed E-state index contributed by atoms with van der Waals surface area (Å²) in [5.41, 5.74) is 1.86. The Balaban J connectivity index is 2.79. The summed E-state index contributed by atoms with van der Waals surface area (Å²) < 4.78 is 14.0. The zero-order valence-electron chi connectivity index (χ0n) is 13.7. The third-order valence-corrected chi connectivity index (χ3v) is 3.18. The Morgan fingerprint density at radius 1 is 1.33 bits per heavy atom. The standard InChI is InChI=1S/C18H27FN2/c1-6-10-21(11-7-2)14-16-12-15(8-9-17(16)19)13-20-18(3,4)5/h1,8-9,12,20H,7,10-11,13-14H2,2-5H3. The summed E-state index contributed by atoms with van der Waals surface area (Å²) in [6.07, 6.45) is 6.39. The first kappa shape index (κ1) is 17.7. The van der Waals surface area contributed by atoms with Crippen molar-refractivity contribution in [3.05, 3.63) is 35.1 Å². The molecule has 2 nitrogen and oxygen atoms in total. The predicted octanol–water partition coefficient (Wildman–Crippen LogP) is 3.56. The third-order valence-electron chi connectivity index (χ3n) is 3.18. The second-order valence-electron chi connectivity index (χ2n) is 6.44. The van der Waals surface area contributed by atoms with E-state index in [2.05, 4.69) is 43.8 Å². The summed E-state index contributed by atoms with van der Waals surface area (Å²) in [4.78, 5) is 2.10. The van der Waals surface area contributed by atoms with Crippen LogP contribution in [0.5, 0.6) is 0 Å². The molecule has 0 aliphatic heterocycles. The molecule has 21 heavy (non-hydrogen) atoms. The van der Waals surface area contributed by atoms with E-state index in [1.165, 1.54) is 0 Å². The molecule has 0 fully saturated rings. The minimum absolute atomic E-state index is 0.0479. The highest BCUT2D eigenvalue weighted by Crippen LogP contribution is 2.14. The molecular weight excluding hydrogens is 263 g/mol. The largest absolute Gasteiger partial charge is 0.308 e. The van der Waals surface area contributed by atoms with E-state index in [1.54, 1.807) is 6.07 Å². The summed E-state index contributed by atoms with van der Waals surface area (Å²) in [7, 11) is 0. The van der Waals surface area contributed by atoms with Crippen LogP contribution in [0.25, 0.3) is 0 Å². The Bertz CT molecular complexity index is 483. The van der Waals surface area contributed by atoms with Crippen molar-refractivity contribution in [1.82, 2.24) is 10.2 Å². The van der Waals surface area contributed by atoms with Crippen LogP contribution in [-0.2, 0) is 13.1 Å². The number of nitrogens with zero attached hydrogens (tertiary/aromatic N) is 1. The fraction of sp³-hybridized carbons (Fsp3) is 0.556. The van der Waals surface area contributed by atoms with Crippen molar-refractivity contribution in [2.45, 2.75) is 52.7 Å². The fourth-order valence-electron chi connectivity index (χ4n) is 2.13. The van der Waals surface area contributed by atoms with Crippen LogP contribution in [0, 0.1) is 18.2 Å². The molecule has 0 bridgehead atoms. The molecule has 0 unspecified atom stereocenters. The highest BCUT2D eigenvalue weighted by atomic mass is 19.1. The van der Waals surface area contributed by atoms with Crippen LogP contribution >= 0.6 is 0 Å². The number of halogens is 1. The Hall–Kier alpha value is -1.37. The van der Waals surface area contributed by atoms with Crippen molar-refractivity contribution in [2.75, 3.05) is 13.1 Å². The summed E-state index contributed by atoms with van der Waals surface area (Å²) in [6.45, 7) is 11.2. The first-order chi connectivity index (χ1) is 9.85. The van der Waals surface area contributed by atoms with E-state index in [9.17, 15) is 4.39 Å². The van der Waals surface area contributed by atoms with Gasteiger partial charge in [0.15, 0.2) is 0 Å². The van der Waals surface area contributed by atoms with Crippen LogP contribution < -0.4 is 5.32 Å². The molecule has 0 amide bonds. The average molecular weight is 290 g/mol. The van der Waals surface area contributed by atoms with Crippen LogP contribution in [0.15, 0.2) is 18.2 Å². The van der Waals surface area contributed by atoms with Crippen LogP contribution in [0.1, 0.15) is 45.2 Å². The molecule has 1 rings (SSSR count). The third kappa shape index (κ3) is 6.75. The van der Waals surface area contributed by atoms with E-state index in [0.717, 1.165) is 25.1 Å². The van der Waals surface area contributed by atoms with Gasteiger partial charge >= 0.3 is 0 Å². The second-order valence-corrected chi connectivity index (χ2v) is 6.44. The van der Waals surface area contributed by atoms with Gasteiger partial charge in [-0.05, 0) is 45.4 Å². The van der Waals surface area contributed by atoms with Gasteiger partial charge in [-0.3, -0.25) is 4.90 Å². The second kappa shape index (κ2) is 8.17. The van der Waals surface area contributed by atoms with Gasteiger partial charge in [0.1, 0.15) is 5.82 Å². The van der Waals surface area contributed by atoms with Crippen molar-refractivity contribution in [2.24, 2.45) is 0 Å². The van der Waals surface area contributed by atoms with Gasteiger partial charge in [-0.15, -0.1) is 6.42 Å². The maximum Gasteiger partial charge on any atom is 0.127 e. The normalized spacial score (nSPS) is 11.7. The first-order valence-electron chi connectivity index (χ1n) is 7.54. The van der Waals surface area contributed by atoms with Crippen LogP contribution in [0.2, 0.25) is 0 Å². The summed E-state index contributed by atoms with van der Waals surface area (Å²) in [5, 5.41) is 3.42. The molecule has 0 aliphatic carbocycles. The lowest BCUT2D eigenvalue weighted by Crippen LogP contribution is -2.35. The molecule has 0 spiro atoms.